The molecule has 0 radical (unpaired) electrons. The van der Waals surface area contributed by atoms with Crippen LogP contribution in [-0.2, 0) is 11.2 Å². The average Bonchev–Trinajstić information content (AvgIpc) is 2.70. The van der Waals surface area contributed by atoms with Crippen LogP contribution in [0.25, 0.3) is 0 Å². The van der Waals surface area contributed by atoms with Gasteiger partial charge < -0.3 is 4.98 Å². The monoisotopic (exact) mass is 219 g/mol. The van der Waals surface area contributed by atoms with Crippen molar-refractivity contribution in [2.75, 3.05) is 5.32 Å². The minimum absolute atomic E-state index is 0.123. The van der Waals surface area contributed by atoms with Crippen molar-refractivity contribution in [3.05, 3.63) is 48.0 Å². The van der Waals surface area contributed by atoms with E-state index in [1.54, 1.807) is 18.3 Å². The van der Waals surface area contributed by atoms with Crippen LogP contribution in [0.4, 0.5) is 10.3 Å². The number of rotatable bonds is 3. The summed E-state index contributed by atoms with van der Waals surface area (Å²) >= 11 is 0. The summed E-state index contributed by atoms with van der Waals surface area (Å²) in [5.41, 5.74) is 0.629. The molecule has 5 heteroatoms. The standard InChI is InChI=1S/C11H10FN3O/c12-9-3-1-2-8(6-9)7-10(16)15-11-13-4-5-14-11/h1-6H,7H2,(H2,13,14,15,16). The third-order valence-electron chi connectivity index (χ3n) is 2.01. The lowest BCUT2D eigenvalue weighted by Crippen LogP contribution is -2.15. The Morgan fingerprint density at radius 1 is 1.50 bits per heavy atom. The zero-order chi connectivity index (χ0) is 11.4. The highest BCUT2D eigenvalue weighted by atomic mass is 19.1. The highest BCUT2D eigenvalue weighted by Crippen LogP contribution is 2.05. The fraction of sp³-hybridized carbons (Fsp3) is 0.0909. The molecule has 1 amide bonds. The maximum Gasteiger partial charge on any atom is 0.231 e. The van der Waals surface area contributed by atoms with Gasteiger partial charge in [-0.1, -0.05) is 12.1 Å². The number of anilines is 1. The van der Waals surface area contributed by atoms with Crippen LogP contribution in [0.5, 0.6) is 0 Å². The Kier molecular flexibility index (Phi) is 2.95. The summed E-state index contributed by atoms with van der Waals surface area (Å²) in [6, 6.07) is 5.95. The third kappa shape index (κ3) is 2.66. The van der Waals surface area contributed by atoms with Gasteiger partial charge in [-0.15, -0.1) is 0 Å². The van der Waals surface area contributed by atoms with E-state index >= 15 is 0 Å². The van der Waals surface area contributed by atoms with Crippen LogP contribution >= 0.6 is 0 Å². The molecular weight excluding hydrogens is 209 g/mol. The average molecular weight is 219 g/mol. The number of nitrogens with zero attached hydrogens (tertiary/aromatic N) is 1. The number of hydrogen-bond acceptors (Lipinski definition) is 2. The molecule has 16 heavy (non-hydrogen) atoms. The number of aromatic nitrogens is 2. The molecule has 0 aliphatic carbocycles. The SMILES string of the molecule is O=C(Cc1cccc(F)c1)Nc1ncc[nH]1. The van der Waals surface area contributed by atoms with Crippen LogP contribution in [0, 0.1) is 5.82 Å². The molecule has 0 aliphatic heterocycles. The molecule has 1 aromatic carbocycles. The van der Waals surface area contributed by atoms with Crippen LogP contribution in [0.15, 0.2) is 36.7 Å². The van der Waals surface area contributed by atoms with Crippen molar-refractivity contribution in [3.63, 3.8) is 0 Å². The van der Waals surface area contributed by atoms with E-state index in [4.69, 9.17) is 0 Å². The van der Waals surface area contributed by atoms with Gasteiger partial charge in [0.05, 0.1) is 6.42 Å². The Labute approximate surface area is 91.5 Å². The Hall–Kier alpha value is -2.17. The van der Waals surface area contributed by atoms with Crippen molar-refractivity contribution in [2.45, 2.75) is 6.42 Å². The van der Waals surface area contributed by atoms with Gasteiger partial charge in [0.25, 0.3) is 0 Å². The largest absolute Gasteiger partial charge is 0.331 e. The van der Waals surface area contributed by atoms with Gasteiger partial charge in [-0.05, 0) is 17.7 Å². The van der Waals surface area contributed by atoms with Gasteiger partial charge in [-0.2, -0.15) is 0 Å². The summed E-state index contributed by atoms with van der Waals surface area (Å²) in [6.07, 6.45) is 3.27. The normalized spacial score (nSPS) is 10.1. The van der Waals surface area contributed by atoms with E-state index in [-0.39, 0.29) is 18.1 Å². The van der Waals surface area contributed by atoms with Crippen molar-refractivity contribution in [2.24, 2.45) is 0 Å². The second kappa shape index (κ2) is 4.57. The zero-order valence-corrected chi connectivity index (χ0v) is 8.40. The lowest BCUT2D eigenvalue weighted by atomic mass is 10.1. The van der Waals surface area contributed by atoms with E-state index in [1.807, 2.05) is 0 Å². The molecule has 82 valence electrons. The Morgan fingerprint density at radius 3 is 3.06 bits per heavy atom. The minimum atomic E-state index is -0.344. The molecule has 1 heterocycles. The summed E-state index contributed by atoms with van der Waals surface area (Å²) in [7, 11) is 0. The number of H-pyrrole nitrogens is 1. The Bertz CT molecular complexity index is 482. The molecule has 2 rings (SSSR count). The summed E-state index contributed by atoms with van der Waals surface area (Å²) in [6.45, 7) is 0. The number of carbonyl (C=O) groups excluding carboxylic acids is 1. The summed E-state index contributed by atoms with van der Waals surface area (Å²) in [5, 5.41) is 2.56. The molecule has 0 bridgehead atoms. The molecular formula is C11H10FN3O. The molecule has 2 aromatic rings. The van der Waals surface area contributed by atoms with Crippen molar-refractivity contribution in [1.82, 2.24) is 9.97 Å². The van der Waals surface area contributed by atoms with Gasteiger partial charge in [0.2, 0.25) is 11.9 Å². The van der Waals surface area contributed by atoms with Crippen molar-refractivity contribution < 1.29 is 9.18 Å². The van der Waals surface area contributed by atoms with Crippen LogP contribution in [0.3, 0.4) is 0 Å². The summed E-state index contributed by atoms with van der Waals surface area (Å²) < 4.78 is 12.8. The molecule has 0 aliphatic rings. The number of nitrogens with one attached hydrogen (secondary N) is 2. The fourth-order valence-corrected chi connectivity index (χ4v) is 1.34. The third-order valence-corrected chi connectivity index (χ3v) is 2.01. The number of aromatic amines is 1. The van der Waals surface area contributed by atoms with Crippen molar-refractivity contribution in [3.8, 4) is 0 Å². The number of hydrogen-bond donors (Lipinski definition) is 2. The summed E-state index contributed by atoms with van der Waals surface area (Å²) in [5.74, 6) is -0.190. The Morgan fingerprint density at radius 2 is 2.38 bits per heavy atom. The van der Waals surface area contributed by atoms with Crippen LogP contribution in [0.2, 0.25) is 0 Å². The molecule has 2 N–H and O–H groups in total. The quantitative estimate of drug-likeness (QED) is 0.825. The summed E-state index contributed by atoms with van der Waals surface area (Å²) in [4.78, 5) is 18.1. The van der Waals surface area contributed by atoms with Gasteiger partial charge in [0.15, 0.2) is 0 Å². The highest BCUT2D eigenvalue weighted by molar-refractivity contribution is 5.90. The predicted octanol–water partition coefficient (Wildman–Crippen LogP) is 1.73. The van der Waals surface area contributed by atoms with Crippen LogP contribution < -0.4 is 5.32 Å². The molecule has 1 aromatic heterocycles. The molecule has 0 saturated heterocycles. The van der Waals surface area contributed by atoms with E-state index in [0.29, 0.717) is 11.5 Å². The lowest BCUT2D eigenvalue weighted by Gasteiger charge is -2.02. The van der Waals surface area contributed by atoms with Crippen LogP contribution in [-0.4, -0.2) is 15.9 Å². The van der Waals surface area contributed by atoms with Gasteiger partial charge in [-0.25, -0.2) is 9.37 Å². The first-order valence-electron chi connectivity index (χ1n) is 4.78. The second-order valence-corrected chi connectivity index (χ2v) is 3.29. The number of amides is 1. The molecule has 0 saturated carbocycles. The molecule has 0 fully saturated rings. The lowest BCUT2D eigenvalue weighted by molar-refractivity contribution is -0.115. The first-order chi connectivity index (χ1) is 7.74. The number of benzene rings is 1. The first-order valence-corrected chi connectivity index (χ1v) is 4.78. The zero-order valence-electron chi connectivity index (χ0n) is 8.40. The van der Waals surface area contributed by atoms with E-state index in [1.165, 1.54) is 18.3 Å². The maximum absolute atomic E-state index is 12.8. The first kappa shape index (κ1) is 10.4. The predicted molar refractivity (Wildman–Crippen MR) is 57.3 cm³/mol. The van der Waals surface area contributed by atoms with E-state index < -0.39 is 0 Å². The number of imidazole rings is 1. The number of carbonyl (C=O) groups is 1. The van der Waals surface area contributed by atoms with Crippen molar-refractivity contribution in [1.29, 1.82) is 0 Å². The molecule has 0 atom stereocenters. The second-order valence-electron chi connectivity index (χ2n) is 3.29. The van der Waals surface area contributed by atoms with E-state index in [9.17, 15) is 9.18 Å². The fourth-order valence-electron chi connectivity index (χ4n) is 1.34. The van der Waals surface area contributed by atoms with Gasteiger partial charge in [0.1, 0.15) is 5.82 Å². The Balaban J connectivity index is 1.97. The number of halogens is 1. The van der Waals surface area contributed by atoms with Crippen LogP contribution in [0.1, 0.15) is 5.56 Å². The molecule has 4 nitrogen and oxygen atoms in total. The molecule has 0 unspecified atom stereocenters. The van der Waals surface area contributed by atoms with Crippen molar-refractivity contribution >= 4 is 11.9 Å². The highest BCUT2D eigenvalue weighted by Gasteiger charge is 2.05. The maximum atomic E-state index is 12.8. The van der Waals surface area contributed by atoms with Gasteiger partial charge in [-0.3, -0.25) is 10.1 Å². The molecule has 0 spiro atoms. The van der Waals surface area contributed by atoms with Gasteiger partial charge >= 0.3 is 0 Å². The smallest absolute Gasteiger partial charge is 0.231 e. The van der Waals surface area contributed by atoms with E-state index in [2.05, 4.69) is 15.3 Å². The van der Waals surface area contributed by atoms with E-state index in [0.717, 1.165) is 0 Å². The minimum Gasteiger partial charge on any atom is -0.331 e. The van der Waals surface area contributed by atoms with Gasteiger partial charge in [0, 0.05) is 12.4 Å². The topological polar surface area (TPSA) is 57.8 Å².